The number of aromatic nitrogens is 1. The summed E-state index contributed by atoms with van der Waals surface area (Å²) in [5.41, 5.74) is 0.903. The lowest BCUT2D eigenvalue weighted by molar-refractivity contribution is 0.113. The molecule has 0 unspecified atom stereocenters. The highest BCUT2D eigenvalue weighted by atomic mass is 79.9. The topological polar surface area (TPSA) is 65.5 Å². The molecule has 0 saturated carbocycles. The van der Waals surface area contributed by atoms with Gasteiger partial charge in [-0.05, 0) is 31.0 Å². The Morgan fingerprint density at radius 1 is 1.48 bits per heavy atom. The minimum Gasteiger partial charge on any atom is -0.367 e. The van der Waals surface area contributed by atoms with Crippen molar-refractivity contribution in [3.05, 3.63) is 50.4 Å². The first-order chi connectivity index (χ1) is 11.9. The molecule has 3 rings (SSSR count). The van der Waals surface area contributed by atoms with Gasteiger partial charge in [-0.15, -0.1) is 17.8 Å². The lowest BCUT2D eigenvalue weighted by atomic mass is 9.81. The monoisotopic (exact) mass is 419 g/mol. The number of urea groups is 1. The predicted octanol–water partition coefficient (Wildman–Crippen LogP) is 3.25. The van der Waals surface area contributed by atoms with Gasteiger partial charge in [-0.25, -0.2) is 9.78 Å². The maximum atomic E-state index is 11.9. The number of likely N-dealkylation sites (tertiary alicyclic amines) is 1. The summed E-state index contributed by atoms with van der Waals surface area (Å²) in [6.45, 7) is 3.36. The molecular weight excluding hydrogens is 402 g/mol. The predicted molar refractivity (Wildman–Crippen MR) is 101 cm³/mol. The van der Waals surface area contributed by atoms with Gasteiger partial charge in [0.05, 0.1) is 11.1 Å². The molecule has 1 aromatic carbocycles. The summed E-state index contributed by atoms with van der Waals surface area (Å²) < 4.78 is 0.971. The second-order valence-electron chi connectivity index (χ2n) is 6.04. The summed E-state index contributed by atoms with van der Waals surface area (Å²) in [4.78, 5) is 18.1. The van der Waals surface area contributed by atoms with Gasteiger partial charge < -0.3 is 15.3 Å². The lowest BCUT2D eigenvalue weighted by Gasteiger charge is -2.31. The Bertz CT molecular complexity index is 810. The van der Waals surface area contributed by atoms with E-state index in [1.165, 1.54) is 11.3 Å². The van der Waals surface area contributed by atoms with Gasteiger partial charge in [0.15, 0.2) is 6.23 Å². The summed E-state index contributed by atoms with van der Waals surface area (Å²) in [5, 5.41) is 15.1. The summed E-state index contributed by atoms with van der Waals surface area (Å²) in [7, 11) is 0. The molecule has 0 bridgehead atoms. The molecule has 5 nitrogen and oxygen atoms in total. The van der Waals surface area contributed by atoms with E-state index in [0.29, 0.717) is 10.7 Å². The highest BCUT2D eigenvalue weighted by Gasteiger charge is 2.31. The zero-order chi connectivity index (χ0) is 18.0. The zero-order valence-corrected chi connectivity index (χ0v) is 16.1. The molecule has 1 aliphatic heterocycles. The third-order valence-corrected chi connectivity index (χ3v) is 5.81. The van der Waals surface area contributed by atoms with E-state index in [-0.39, 0.29) is 6.03 Å². The molecular formula is C18H18BrN3O2S. The molecule has 0 radical (unpaired) electrons. The van der Waals surface area contributed by atoms with Gasteiger partial charge in [-0.2, -0.15) is 0 Å². The number of carbonyl (C=O) groups is 1. The Morgan fingerprint density at radius 3 is 2.72 bits per heavy atom. The first kappa shape index (κ1) is 17.9. The number of hydrogen-bond donors (Lipinski definition) is 2. The van der Waals surface area contributed by atoms with Gasteiger partial charge in [-0.1, -0.05) is 34.0 Å². The van der Waals surface area contributed by atoms with E-state index in [2.05, 4.69) is 32.2 Å². The maximum absolute atomic E-state index is 11.9. The summed E-state index contributed by atoms with van der Waals surface area (Å²) in [6.07, 6.45) is 5.66. The van der Waals surface area contributed by atoms with Crippen LogP contribution in [-0.4, -0.2) is 34.1 Å². The van der Waals surface area contributed by atoms with E-state index in [0.717, 1.165) is 29.5 Å². The van der Waals surface area contributed by atoms with Crippen LogP contribution in [0.2, 0.25) is 0 Å². The van der Waals surface area contributed by atoms with Gasteiger partial charge in [0.2, 0.25) is 0 Å². The molecule has 2 heterocycles. The summed E-state index contributed by atoms with van der Waals surface area (Å²) in [6, 6.07) is 7.49. The highest BCUT2D eigenvalue weighted by Crippen LogP contribution is 2.33. The Kier molecular flexibility index (Phi) is 5.13. The van der Waals surface area contributed by atoms with Crippen LogP contribution in [0.15, 0.2) is 34.1 Å². The van der Waals surface area contributed by atoms with Gasteiger partial charge >= 0.3 is 6.03 Å². The third-order valence-electron chi connectivity index (χ3n) is 4.38. The zero-order valence-electron chi connectivity index (χ0n) is 13.7. The van der Waals surface area contributed by atoms with E-state index < -0.39 is 11.6 Å². The number of rotatable bonds is 4. The van der Waals surface area contributed by atoms with Crippen molar-refractivity contribution in [2.45, 2.75) is 25.0 Å². The van der Waals surface area contributed by atoms with Crippen molar-refractivity contribution in [3.8, 4) is 12.3 Å². The SMILES string of the molecule is C#C[C@@](C)(c1ccc(Br)cc1)c1csc([C@H](O)NC(=O)N2CCC2)n1. The number of carbonyl (C=O) groups excluding carboxylic acids is 1. The largest absolute Gasteiger partial charge is 0.367 e. The number of thiazole rings is 1. The molecule has 2 N–H and O–H groups in total. The van der Waals surface area contributed by atoms with Crippen molar-refractivity contribution in [2.75, 3.05) is 13.1 Å². The van der Waals surface area contributed by atoms with Crippen LogP contribution in [0.4, 0.5) is 4.79 Å². The second-order valence-corrected chi connectivity index (χ2v) is 7.85. The number of aliphatic hydroxyl groups excluding tert-OH is 1. The lowest BCUT2D eigenvalue weighted by Crippen LogP contribution is -2.48. The van der Waals surface area contributed by atoms with Crippen LogP contribution < -0.4 is 5.32 Å². The smallest absolute Gasteiger partial charge is 0.319 e. The number of nitrogens with zero attached hydrogens (tertiary/aromatic N) is 2. The summed E-state index contributed by atoms with van der Waals surface area (Å²) >= 11 is 4.69. The minimum atomic E-state index is -1.14. The first-order valence-electron chi connectivity index (χ1n) is 7.87. The molecule has 2 aromatic rings. The molecule has 25 heavy (non-hydrogen) atoms. The van der Waals surface area contributed by atoms with Crippen LogP contribution in [0.5, 0.6) is 0 Å². The fourth-order valence-electron chi connectivity index (χ4n) is 2.52. The number of benzene rings is 1. The Balaban J connectivity index is 1.80. The molecule has 1 saturated heterocycles. The van der Waals surface area contributed by atoms with Gasteiger partial charge in [0, 0.05) is 22.9 Å². The molecule has 1 aliphatic rings. The van der Waals surface area contributed by atoms with Crippen LogP contribution in [-0.2, 0) is 5.41 Å². The van der Waals surface area contributed by atoms with Gasteiger partial charge in [-0.3, -0.25) is 0 Å². The fourth-order valence-corrected chi connectivity index (χ4v) is 3.64. The molecule has 1 aromatic heterocycles. The van der Waals surface area contributed by atoms with Crippen molar-refractivity contribution in [1.29, 1.82) is 0 Å². The minimum absolute atomic E-state index is 0.275. The van der Waals surface area contributed by atoms with Crippen LogP contribution in [0.25, 0.3) is 0 Å². The Morgan fingerprint density at radius 2 is 2.16 bits per heavy atom. The van der Waals surface area contributed by atoms with Crippen molar-refractivity contribution < 1.29 is 9.90 Å². The number of halogens is 1. The molecule has 0 aliphatic carbocycles. The van der Waals surface area contributed by atoms with Crippen LogP contribution in [0, 0.1) is 12.3 Å². The average molecular weight is 420 g/mol. The van der Waals surface area contributed by atoms with E-state index in [9.17, 15) is 9.90 Å². The van der Waals surface area contributed by atoms with Crippen molar-refractivity contribution in [1.82, 2.24) is 15.2 Å². The molecule has 2 amide bonds. The maximum Gasteiger partial charge on any atom is 0.319 e. The van der Waals surface area contributed by atoms with E-state index in [1.54, 1.807) is 4.90 Å². The summed E-state index contributed by atoms with van der Waals surface area (Å²) in [5.74, 6) is 2.81. The number of amides is 2. The molecule has 0 spiro atoms. The van der Waals surface area contributed by atoms with Gasteiger partial charge in [0.1, 0.15) is 5.01 Å². The van der Waals surface area contributed by atoms with Crippen LogP contribution in [0.1, 0.15) is 35.8 Å². The van der Waals surface area contributed by atoms with Crippen molar-refractivity contribution in [3.63, 3.8) is 0 Å². The molecule has 130 valence electrons. The van der Waals surface area contributed by atoms with E-state index in [4.69, 9.17) is 6.42 Å². The van der Waals surface area contributed by atoms with Gasteiger partial charge in [0.25, 0.3) is 0 Å². The third kappa shape index (κ3) is 3.56. The molecule has 1 fully saturated rings. The van der Waals surface area contributed by atoms with E-state index in [1.807, 2.05) is 36.6 Å². The van der Waals surface area contributed by atoms with Crippen LogP contribution >= 0.6 is 27.3 Å². The second kappa shape index (κ2) is 7.16. The van der Waals surface area contributed by atoms with Crippen molar-refractivity contribution >= 4 is 33.3 Å². The first-order valence-corrected chi connectivity index (χ1v) is 9.54. The quantitative estimate of drug-likeness (QED) is 0.590. The Labute approximate surface area is 159 Å². The Hall–Kier alpha value is -1.88. The molecule has 2 atom stereocenters. The average Bonchev–Trinajstić information content (AvgIpc) is 3.03. The highest BCUT2D eigenvalue weighted by molar-refractivity contribution is 9.10. The normalized spacial score (nSPS) is 17.1. The fraction of sp³-hybridized carbons (Fsp3) is 0.333. The number of nitrogens with one attached hydrogen (secondary N) is 1. The number of terminal acetylenes is 1. The van der Waals surface area contributed by atoms with E-state index >= 15 is 0 Å². The standard InChI is InChI=1S/C18H18BrN3O2S/c1-3-18(2,12-5-7-13(19)8-6-12)14-11-25-16(20-14)15(23)21-17(24)22-9-4-10-22/h1,5-8,11,15,23H,4,9-10H2,2H3,(H,21,24)/t15-,18-/m0/s1. The van der Waals surface area contributed by atoms with Crippen molar-refractivity contribution in [2.24, 2.45) is 0 Å². The number of aliphatic hydroxyl groups is 1. The molecule has 7 heteroatoms. The number of hydrogen-bond acceptors (Lipinski definition) is 4. The van der Waals surface area contributed by atoms with Crippen LogP contribution in [0.3, 0.4) is 0 Å².